The van der Waals surface area contributed by atoms with Crippen molar-refractivity contribution >= 4 is 11.9 Å². The van der Waals surface area contributed by atoms with Crippen LogP contribution in [0.15, 0.2) is 12.3 Å². The standard InChI is InChI=1S/C10H13NO3.Na/c1-6(2)10(9(13)14)7-4-3-5-11(7)8(10)12;/h3,5-7H,4H2,1-2H3,(H,13,14);/q;+1/p-1/t7-,10-;/m0./s1. The number of β-lactam (4-membered cyclic amide) rings is 1. The Labute approximate surface area is 111 Å². The van der Waals surface area contributed by atoms with Crippen molar-refractivity contribution in [1.29, 1.82) is 0 Å². The number of aliphatic carboxylic acids is 1. The number of nitrogens with zero attached hydrogens (tertiary/aromatic N) is 1. The second-order valence-electron chi connectivity index (χ2n) is 4.16. The summed E-state index contributed by atoms with van der Waals surface area (Å²) in [6, 6.07) is -0.222. The minimum absolute atomic E-state index is 0. The van der Waals surface area contributed by atoms with Crippen LogP contribution in [0.2, 0.25) is 0 Å². The second kappa shape index (κ2) is 3.92. The van der Waals surface area contributed by atoms with Crippen LogP contribution in [0.3, 0.4) is 0 Å². The van der Waals surface area contributed by atoms with Crippen LogP contribution in [-0.2, 0) is 9.59 Å². The van der Waals surface area contributed by atoms with E-state index in [4.69, 9.17) is 0 Å². The van der Waals surface area contributed by atoms with E-state index in [2.05, 4.69) is 0 Å². The Kier molecular flexibility index (Phi) is 3.33. The zero-order chi connectivity index (χ0) is 10.5. The van der Waals surface area contributed by atoms with E-state index >= 15 is 0 Å². The quantitative estimate of drug-likeness (QED) is 0.274. The Balaban J connectivity index is 0.00000112. The molecule has 0 bridgehead atoms. The monoisotopic (exact) mass is 217 g/mol. The number of hydrogen-bond acceptors (Lipinski definition) is 3. The number of carbonyl (C=O) groups is 2. The van der Waals surface area contributed by atoms with Crippen LogP contribution in [0.25, 0.3) is 0 Å². The molecule has 0 spiro atoms. The van der Waals surface area contributed by atoms with Gasteiger partial charge < -0.3 is 14.8 Å². The maximum Gasteiger partial charge on any atom is 1.00 e. The Morgan fingerprint density at radius 1 is 1.67 bits per heavy atom. The third-order valence-corrected chi connectivity index (χ3v) is 3.32. The Bertz CT molecular complexity index is 340. The van der Waals surface area contributed by atoms with Gasteiger partial charge in [-0.05, 0) is 12.3 Å². The molecular weight excluding hydrogens is 205 g/mol. The Hall–Kier alpha value is -0.320. The molecule has 1 amide bonds. The van der Waals surface area contributed by atoms with Crippen molar-refractivity contribution in [2.24, 2.45) is 11.3 Å². The summed E-state index contributed by atoms with van der Waals surface area (Å²) in [5.74, 6) is -1.78. The zero-order valence-electron chi connectivity index (χ0n) is 9.19. The van der Waals surface area contributed by atoms with Gasteiger partial charge in [0.25, 0.3) is 0 Å². The minimum Gasteiger partial charge on any atom is -0.549 e. The predicted molar refractivity (Wildman–Crippen MR) is 46.7 cm³/mol. The molecule has 0 aromatic rings. The van der Waals surface area contributed by atoms with Gasteiger partial charge in [-0.2, -0.15) is 0 Å². The molecule has 0 aliphatic carbocycles. The van der Waals surface area contributed by atoms with Gasteiger partial charge >= 0.3 is 29.6 Å². The van der Waals surface area contributed by atoms with Crippen LogP contribution >= 0.6 is 0 Å². The van der Waals surface area contributed by atoms with Crippen LogP contribution in [0, 0.1) is 11.3 Å². The van der Waals surface area contributed by atoms with Crippen LogP contribution in [0.1, 0.15) is 20.3 Å². The zero-order valence-corrected chi connectivity index (χ0v) is 11.2. The normalized spacial score (nSPS) is 32.3. The number of carbonyl (C=O) groups excluding carboxylic acids is 2. The molecular formula is C10H12NNaO3. The molecule has 2 rings (SSSR count). The number of carboxylic acid groups (broad SMARTS) is 1. The first kappa shape index (κ1) is 12.7. The number of hydrogen-bond donors (Lipinski definition) is 0. The summed E-state index contributed by atoms with van der Waals surface area (Å²) in [7, 11) is 0. The molecule has 0 saturated carbocycles. The summed E-state index contributed by atoms with van der Waals surface area (Å²) in [4.78, 5) is 24.3. The van der Waals surface area contributed by atoms with Gasteiger partial charge in [-0.1, -0.05) is 19.9 Å². The van der Waals surface area contributed by atoms with Gasteiger partial charge in [-0.25, -0.2) is 0 Å². The van der Waals surface area contributed by atoms with E-state index in [0.29, 0.717) is 6.42 Å². The average Bonchev–Trinajstić information content (AvgIpc) is 2.48. The van der Waals surface area contributed by atoms with Crippen molar-refractivity contribution in [3.8, 4) is 0 Å². The SMILES string of the molecule is CC(C)[C@@]1(C(=O)[O-])C(=O)N2C=CC[C@H]21.[Na+]. The van der Waals surface area contributed by atoms with E-state index in [1.54, 1.807) is 20.0 Å². The fourth-order valence-corrected chi connectivity index (χ4v) is 2.52. The van der Waals surface area contributed by atoms with Crippen molar-refractivity contribution in [2.75, 3.05) is 0 Å². The molecule has 0 unspecified atom stereocenters. The molecule has 0 N–H and O–H groups in total. The van der Waals surface area contributed by atoms with Gasteiger partial charge in [0.2, 0.25) is 5.91 Å². The van der Waals surface area contributed by atoms with Gasteiger partial charge in [-0.15, -0.1) is 0 Å². The third kappa shape index (κ3) is 1.31. The first-order valence-corrected chi connectivity index (χ1v) is 4.73. The topological polar surface area (TPSA) is 60.4 Å². The molecule has 2 atom stereocenters. The predicted octanol–water partition coefficient (Wildman–Crippen LogP) is -3.49. The van der Waals surface area contributed by atoms with Crippen molar-refractivity contribution in [3.05, 3.63) is 12.3 Å². The molecule has 4 nitrogen and oxygen atoms in total. The van der Waals surface area contributed by atoms with Gasteiger partial charge in [0.15, 0.2) is 0 Å². The van der Waals surface area contributed by atoms with Crippen molar-refractivity contribution < 1.29 is 44.3 Å². The number of fused-ring (bicyclic) bond motifs is 1. The number of carboxylic acids is 1. The second-order valence-corrected chi connectivity index (χ2v) is 4.16. The fourth-order valence-electron chi connectivity index (χ4n) is 2.52. The van der Waals surface area contributed by atoms with Gasteiger partial charge in [0.1, 0.15) is 5.41 Å². The molecule has 5 heteroatoms. The summed E-state index contributed by atoms with van der Waals surface area (Å²) in [5, 5.41) is 11.1. The maximum absolute atomic E-state index is 11.7. The van der Waals surface area contributed by atoms with E-state index in [9.17, 15) is 14.7 Å². The third-order valence-electron chi connectivity index (χ3n) is 3.32. The van der Waals surface area contributed by atoms with Crippen LogP contribution < -0.4 is 34.7 Å². The fraction of sp³-hybridized carbons (Fsp3) is 0.600. The molecule has 0 aromatic carbocycles. The first-order chi connectivity index (χ1) is 6.52. The Morgan fingerprint density at radius 2 is 2.27 bits per heavy atom. The summed E-state index contributed by atoms with van der Waals surface area (Å²) in [6.45, 7) is 3.51. The molecule has 1 saturated heterocycles. The minimum atomic E-state index is -1.29. The number of amides is 1. The number of rotatable bonds is 2. The summed E-state index contributed by atoms with van der Waals surface area (Å²) >= 11 is 0. The van der Waals surface area contributed by atoms with Crippen molar-refractivity contribution in [1.82, 2.24) is 4.90 Å². The van der Waals surface area contributed by atoms with Gasteiger partial charge in [0.05, 0.1) is 12.0 Å². The molecule has 0 radical (unpaired) electrons. The summed E-state index contributed by atoms with van der Waals surface area (Å²) in [6.07, 6.45) is 4.12. The van der Waals surface area contributed by atoms with E-state index < -0.39 is 11.4 Å². The molecule has 76 valence electrons. The first-order valence-electron chi connectivity index (χ1n) is 4.73. The largest absolute Gasteiger partial charge is 1.00 e. The van der Waals surface area contributed by atoms with Crippen LogP contribution in [0.4, 0.5) is 0 Å². The average molecular weight is 217 g/mol. The molecule has 2 aliphatic rings. The smallest absolute Gasteiger partial charge is 0.549 e. The molecule has 0 aromatic heterocycles. The maximum atomic E-state index is 11.7. The van der Waals surface area contributed by atoms with Gasteiger partial charge in [-0.3, -0.25) is 4.79 Å². The molecule has 1 fully saturated rings. The van der Waals surface area contributed by atoms with Gasteiger partial charge in [0, 0.05) is 6.20 Å². The summed E-state index contributed by atoms with van der Waals surface area (Å²) in [5.41, 5.74) is -1.29. The van der Waals surface area contributed by atoms with E-state index in [-0.39, 0.29) is 47.4 Å². The molecule has 2 aliphatic heterocycles. The van der Waals surface area contributed by atoms with Crippen molar-refractivity contribution in [2.45, 2.75) is 26.3 Å². The molecule has 2 heterocycles. The van der Waals surface area contributed by atoms with Crippen LogP contribution in [0.5, 0.6) is 0 Å². The summed E-state index contributed by atoms with van der Waals surface area (Å²) < 4.78 is 0. The van der Waals surface area contributed by atoms with E-state index in [1.807, 2.05) is 6.08 Å². The molecule has 15 heavy (non-hydrogen) atoms. The van der Waals surface area contributed by atoms with E-state index in [0.717, 1.165) is 0 Å². The van der Waals surface area contributed by atoms with E-state index in [1.165, 1.54) is 4.90 Å². The van der Waals surface area contributed by atoms with Crippen molar-refractivity contribution in [3.63, 3.8) is 0 Å². The van der Waals surface area contributed by atoms with Crippen LogP contribution in [-0.4, -0.2) is 22.8 Å². The Morgan fingerprint density at radius 3 is 2.73 bits per heavy atom.